The van der Waals surface area contributed by atoms with Gasteiger partial charge in [-0.2, -0.15) is 8.97 Å². The molecule has 2 heterocycles. The van der Waals surface area contributed by atoms with Crippen LogP contribution in [0, 0.1) is 6.92 Å². The first-order valence-electron chi connectivity index (χ1n) is 12.2. The van der Waals surface area contributed by atoms with E-state index < -0.39 is 0 Å². The highest BCUT2D eigenvalue weighted by atomic mass is 16.5. The second-order valence-corrected chi connectivity index (χ2v) is 8.93. The predicted molar refractivity (Wildman–Crippen MR) is 145 cm³/mol. The summed E-state index contributed by atoms with van der Waals surface area (Å²) in [4.78, 5) is 13.6. The van der Waals surface area contributed by atoms with Crippen molar-refractivity contribution in [1.29, 1.82) is 0 Å². The topological polar surface area (TPSA) is 74.0 Å². The molecule has 5 aromatic rings. The van der Waals surface area contributed by atoms with Crippen molar-refractivity contribution in [3.63, 3.8) is 0 Å². The average Bonchev–Trinajstić information content (AvgIpc) is 2.95. The predicted octanol–water partition coefficient (Wildman–Crippen LogP) is 4.91. The second-order valence-electron chi connectivity index (χ2n) is 8.93. The number of nitrogens with zero attached hydrogens (tertiary/aromatic N) is 2. The number of rotatable bonds is 8. The third-order valence-corrected chi connectivity index (χ3v) is 6.56. The van der Waals surface area contributed by atoms with Crippen LogP contribution >= 0.6 is 0 Å². The average molecular weight is 510 g/mol. The number of ether oxygens (including phenoxy) is 3. The summed E-state index contributed by atoms with van der Waals surface area (Å²) >= 11 is 0. The van der Waals surface area contributed by atoms with Crippen molar-refractivity contribution in [3.8, 4) is 34.3 Å². The van der Waals surface area contributed by atoms with Gasteiger partial charge in [0.1, 0.15) is 24.7 Å². The SMILES string of the molecule is COc1ccccc1COc1ccc(Cn2c(=O)c(C)c(-c3ccc(O)cc3)[n+]3ccccc23)cc1OC. The third kappa shape index (κ3) is 4.78. The van der Waals surface area contributed by atoms with E-state index in [2.05, 4.69) is 0 Å². The fourth-order valence-corrected chi connectivity index (χ4v) is 4.65. The van der Waals surface area contributed by atoms with E-state index >= 15 is 0 Å². The number of benzene rings is 3. The Morgan fingerprint density at radius 2 is 1.58 bits per heavy atom. The highest BCUT2D eigenvalue weighted by Gasteiger charge is 2.23. The third-order valence-electron chi connectivity index (χ3n) is 6.56. The van der Waals surface area contributed by atoms with Crippen LogP contribution in [0.2, 0.25) is 0 Å². The van der Waals surface area contributed by atoms with Crippen molar-refractivity contribution in [3.05, 3.63) is 118 Å². The minimum Gasteiger partial charge on any atom is -0.508 e. The minimum atomic E-state index is -0.0882. The highest BCUT2D eigenvalue weighted by Crippen LogP contribution is 2.30. The van der Waals surface area contributed by atoms with Gasteiger partial charge in [-0.05, 0) is 61.0 Å². The maximum absolute atomic E-state index is 13.6. The molecule has 0 aliphatic rings. The molecule has 0 fully saturated rings. The lowest BCUT2D eigenvalue weighted by Gasteiger charge is -2.14. The minimum absolute atomic E-state index is 0.0882. The number of pyridine rings is 1. The molecular formula is C31H29N2O5+. The molecule has 0 atom stereocenters. The lowest BCUT2D eigenvalue weighted by Crippen LogP contribution is -2.38. The molecule has 38 heavy (non-hydrogen) atoms. The molecular weight excluding hydrogens is 480 g/mol. The zero-order valence-corrected chi connectivity index (χ0v) is 21.5. The van der Waals surface area contributed by atoms with Gasteiger partial charge >= 0.3 is 5.56 Å². The summed E-state index contributed by atoms with van der Waals surface area (Å²) in [6, 6.07) is 26.1. The van der Waals surface area contributed by atoms with Crippen LogP contribution in [0.25, 0.3) is 16.9 Å². The van der Waals surface area contributed by atoms with E-state index in [9.17, 15) is 9.90 Å². The first-order chi connectivity index (χ1) is 18.5. The molecule has 0 unspecified atom stereocenters. The Kier molecular flexibility index (Phi) is 7.00. The number of aromatic nitrogens is 2. The van der Waals surface area contributed by atoms with E-state index in [0.29, 0.717) is 30.2 Å². The Bertz CT molecular complexity index is 1660. The van der Waals surface area contributed by atoms with E-state index in [4.69, 9.17) is 14.2 Å². The van der Waals surface area contributed by atoms with Crippen LogP contribution in [0.4, 0.5) is 0 Å². The van der Waals surface area contributed by atoms with E-state index in [0.717, 1.165) is 33.8 Å². The number of hydrogen-bond acceptors (Lipinski definition) is 5. The molecule has 7 nitrogen and oxygen atoms in total. The first kappa shape index (κ1) is 24.9. The molecule has 0 bridgehead atoms. The van der Waals surface area contributed by atoms with Crippen molar-refractivity contribution in [1.82, 2.24) is 4.57 Å². The summed E-state index contributed by atoms with van der Waals surface area (Å²) in [5.74, 6) is 2.13. The quantitative estimate of drug-likeness (QED) is 0.301. The van der Waals surface area contributed by atoms with Crippen LogP contribution in [-0.4, -0.2) is 23.9 Å². The van der Waals surface area contributed by atoms with Gasteiger partial charge < -0.3 is 19.3 Å². The lowest BCUT2D eigenvalue weighted by molar-refractivity contribution is -0.504. The van der Waals surface area contributed by atoms with Crippen LogP contribution in [0.15, 0.2) is 95.9 Å². The Labute approximate surface area is 220 Å². The molecule has 0 aliphatic carbocycles. The molecule has 192 valence electrons. The van der Waals surface area contributed by atoms with Crippen LogP contribution < -0.4 is 24.2 Å². The van der Waals surface area contributed by atoms with Gasteiger partial charge in [0.15, 0.2) is 17.2 Å². The molecule has 0 saturated carbocycles. The zero-order chi connectivity index (χ0) is 26.6. The number of aromatic hydroxyl groups is 1. The second kappa shape index (κ2) is 10.7. The standard InChI is InChI=1S/C31H28N2O5/c1-21-30(23-12-14-25(34)15-13-23)32-17-7-6-10-29(32)33(31(21)35)19-22-11-16-27(28(18-22)37-3)38-20-24-8-4-5-9-26(24)36-2/h4-18H,19-20H2,1-3H3/p+1. The number of hydrogen-bond donors (Lipinski definition) is 1. The molecule has 0 spiro atoms. The molecule has 7 heteroatoms. The van der Waals surface area contributed by atoms with Crippen LogP contribution in [0.5, 0.6) is 23.0 Å². The van der Waals surface area contributed by atoms with Gasteiger partial charge in [0.2, 0.25) is 0 Å². The van der Waals surface area contributed by atoms with Crippen LogP contribution in [-0.2, 0) is 13.2 Å². The van der Waals surface area contributed by atoms with Crippen molar-refractivity contribution in [2.45, 2.75) is 20.1 Å². The summed E-state index contributed by atoms with van der Waals surface area (Å²) in [5.41, 5.74) is 4.75. The molecule has 2 aromatic heterocycles. The molecule has 5 rings (SSSR count). The Hall–Kier alpha value is -4.78. The number of fused-ring (bicyclic) bond motifs is 1. The summed E-state index contributed by atoms with van der Waals surface area (Å²) in [7, 11) is 3.24. The van der Waals surface area contributed by atoms with Crippen molar-refractivity contribution < 1.29 is 23.7 Å². The largest absolute Gasteiger partial charge is 0.508 e. The van der Waals surface area contributed by atoms with E-state index in [-0.39, 0.29) is 11.3 Å². The van der Waals surface area contributed by atoms with Gasteiger partial charge in [-0.1, -0.05) is 30.3 Å². The maximum atomic E-state index is 13.6. The molecule has 0 radical (unpaired) electrons. The van der Waals surface area contributed by atoms with Crippen molar-refractivity contribution in [2.75, 3.05) is 14.2 Å². The van der Waals surface area contributed by atoms with E-state index in [1.54, 1.807) is 30.9 Å². The smallest absolute Gasteiger partial charge is 0.341 e. The molecule has 1 N–H and O–H groups in total. The van der Waals surface area contributed by atoms with Gasteiger partial charge in [0.25, 0.3) is 5.65 Å². The fourth-order valence-electron chi connectivity index (χ4n) is 4.65. The summed E-state index contributed by atoms with van der Waals surface area (Å²) < 4.78 is 20.9. The van der Waals surface area contributed by atoms with Crippen LogP contribution in [0.1, 0.15) is 16.7 Å². The van der Waals surface area contributed by atoms with Gasteiger partial charge in [-0.3, -0.25) is 0 Å². The van der Waals surface area contributed by atoms with Gasteiger partial charge in [-0.25, -0.2) is 4.79 Å². The molecule has 0 amide bonds. The molecule has 0 saturated heterocycles. The Morgan fingerprint density at radius 1 is 0.842 bits per heavy atom. The summed E-state index contributed by atoms with van der Waals surface area (Å²) in [5, 5.41) is 9.73. The fraction of sp³-hybridized carbons (Fsp3) is 0.161. The number of para-hydroxylation sites is 1. The zero-order valence-electron chi connectivity index (χ0n) is 21.5. The summed E-state index contributed by atoms with van der Waals surface area (Å²) in [6.45, 7) is 2.51. The molecule has 3 aromatic carbocycles. The first-order valence-corrected chi connectivity index (χ1v) is 12.2. The molecule has 0 aliphatic heterocycles. The number of phenolic OH excluding ortho intramolecular Hbond substituents is 1. The number of methoxy groups -OCH3 is 2. The van der Waals surface area contributed by atoms with Gasteiger partial charge in [-0.15, -0.1) is 0 Å². The van der Waals surface area contributed by atoms with Gasteiger partial charge in [0, 0.05) is 17.2 Å². The summed E-state index contributed by atoms with van der Waals surface area (Å²) in [6.07, 6.45) is 1.94. The number of phenols is 1. The van der Waals surface area contributed by atoms with Gasteiger partial charge in [0.05, 0.1) is 26.0 Å². The monoisotopic (exact) mass is 509 g/mol. The maximum Gasteiger partial charge on any atom is 0.341 e. The lowest BCUT2D eigenvalue weighted by atomic mass is 10.1. The van der Waals surface area contributed by atoms with Crippen molar-refractivity contribution >= 4 is 5.65 Å². The Morgan fingerprint density at radius 3 is 2.34 bits per heavy atom. The van der Waals surface area contributed by atoms with E-state index in [1.165, 1.54) is 0 Å². The van der Waals surface area contributed by atoms with Crippen molar-refractivity contribution in [2.24, 2.45) is 0 Å². The Balaban J connectivity index is 1.49. The van der Waals surface area contributed by atoms with E-state index in [1.807, 2.05) is 90.3 Å². The highest BCUT2D eigenvalue weighted by molar-refractivity contribution is 5.61. The normalized spacial score (nSPS) is 10.9. The van der Waals surface area contributed by atoms with Crippen LogP contribution in [0.3, 0.4) is 0 Å².